The minimum Gasteiger partial charge on any atom is -0.381 e. The van der Waals surface area contributed by atoms with Gasteiger partial charge in [0.15, 0.2) is 0 Å². The fraction of sp³-hybridized carbons (Fsp3) is 0.531. The SMILES string of the molecule is C/C=C(\C=C/COC)C1=NC(c2nc3ccc(C(=O)NCCCN(C)C)cc3n2C(C)CCC)CC=C1.CC. The number of nitrogens with one attached hydrogen (secondary N) is 1. The highest BCUT2D eigenvalue weighted by Gasteiger charge is 2.24. The first-order chi connectivity index (χ1) is 18.9. The molecule has 2 atom stereocenters. The second-order valence-electron chi connectivity index (χ2n) is 9.86. The van der Waals surface area contributed by atoms with Crippen LogP contribution < -0.4 is 5.32 Å². The maximum absolute atomic E-state index is 12.9. The summed E-state index contributed by atoms with van der Waals surface area (Å²) < 4.78 is 7.47. The molecule has 1 amide bonds. The third-order valence-corrected chi connectivity index (χ3v) is 6.59. The minimum atomic E-state index is -0.0826. The summed E-state index contributed by atoms with van der Waals surface area (Å²) in [6, 6.07) is 6.00. The summed E-state index contributed by atoms with van der Waals surface area (Å²) in [5, 5.41) is 3.06. The highest BCUT2D eigenvalue weighted by atomic mass is 16.5. The van der Waals surface area contributed by atoms with Gasteiger partial charge in [0.2, 0.25) is 0 Å². The average Bonchev–Trinajstić information content (AvgIpc) is 3.33. The van der Waals surface area contributed by atoms with Crippen LogP contribution in [0.3, 0.4) is 0 Å². The Morgan fingerprint density at radius 3 is 2.74 bits per heavy atom. The quantitative estimate of drug-likeness (QED) is 0.229. The molecule has 2 heterocycles. The Kier molecular flexibility index (Phi) is 13.9. The van der Waals surface area contributed by atoms with Gasteiger partial charge in [0.1, 0.15) is 11.9 Å². The smallest absolute Gasteiger partial charge is 0.251 e. The summed E-state index contributed by atoms with van der Waals surface area (Å²) in [5.74, 6) is 0.914. The topological polar surface area (TPSA) is 71.8 Å². The van der Waals surface area contributed by atoms with Crippen LogP contribution in [0.5, 0.6) is 0 Å². The first kappa shape index (κ1) is 32.2. The lowest BCUT2D eigenvalue weighted by Gasteiger charge is -2.22. The molecular formula is C32H49N5O2. The molecule has 39 heavy (non-hydrogen) atoms. The Bertz CT molecular complexity index is 1170. The summed E-state index contributed by atoms with van der Waals surface area (Å²) in [5.41, 5.74) is 4.58. The molecule has 3 rings (SSSR count). The molecule has 214 valence electrons. The normalized spacial score (nSPS) is 16.4. The van der Waals surface area contributed by atoms with Crippen molar-refractivity contribution in [3.05, 3.63) is 65.5 Å². The lowest BCUT2D eigenvalue weighted by molar-refractivity contribution is 0.0952. The standard InChI is InChI=1S/C30H43N5O2.C2H6/c1-7-12-22(3)35-28-21-24(30(36)31-18-11-19-34(4)5)16-17-26(28)33-29(35)27-15-9-14-25(32-27)23(8-2)13-10-20-37-6;1-2/h8-10,13-14,16-17,21-22,27H,7,11-12,15,18-20H2,1-6H3,(H,31,36);1-2H3/b13-10-,23-8+;. The maximum Gasteiger partial charge on any atom is 0.251 e. The summed E-state index contributed by atoms with van der Waals surface area (Å²) in [6.45, 7) is 12.6. The van der Waals surface area contributed by atoms with Crippen LogP contribution in [0, 0.1) is 0 Å². The van der Waals surface area contributed by atoms with Crippen LogP contribution in [0.25, 0.3) is 11.0 Å². The van der Waals surface area contributed by atoms with E-state index >= 15 is 0 Å². The van der Waals surface area contributed by atoms with Crippen LogP contribution in [0.2, 0.25) is 0 Å². The number of imidazole rings is 1. The van der Waals surface area contributed by atoms with E-state index in [0.29, 0.717) is 18.7 Å². The Labute approximate surface area is 235 Å². The molecule has 0 aliphatic carbocycles. The summed E-state index contributed by atoms with van der Waals surface area (Å²) in [7, 11) is 5.77. The van der Waals surface area contributed by atoms with E-state index in [9.17, 15) is 4.79 Å². The van der Waals surface area contributed by atoms with Crippen molar-refractivity contribution >= 4 is 22.7 Å². The van der Waals surface area contributed by atoms with Gasteiger partial charge in [-0.15, -0.1) is 0 Å². The predicted octanol–water partition coefficient (Wildman–Crippen LogP) is 6.70. The van der Waals surface area contributed by atoms with Crippen LogP contribution in [-0.2, 0) is 4.74 Å². The molecule has 0 saturated heterocycles. The molecule has 0 bridgehead atoms. The number of ether oxygens (including phenoxy) is 1. The van der Waals surface area contributed by atoms with Crippen molar-refractivity contribution in [2.45, 2.75) is 72.4 Å². The van der Waals surface area contributed by atoms with Crippen LogP contribution in [-0.4, -0.2) is 67.0 Å². The number of carbonyl (C=O) groups is 1. The van der Waals surface area contributed by atoms with Gasteiger partial charge in [-0.1, -0.05) is 51.5 Å². The van der Waals surface area contributed by atoms with Gasteiger partial charge >= 0.3 is 0 Å². The van der Waals surface area contributed by atoms with Crippen molar-refractivity contribution in [3.63, 3.8) is 0 Å². The Balaban J connectivity index is 0.00000260. The zero-order valence-electron chi connectivity index (χ0n) is 25.3. The molecule has 2 aromatic rings. The summed E-state index contributed by atoms with van der Waals surface area (Å²) >= 11 is 0. The van der Waals surface area contributed by atoms with Gasteiger partial charge < -0.3 is 19.5 Å². The number of aromatic nitrogens is 2. The van der Waals surface area contributed by atoms with E-state index in [1.165, 1.54) is 0 Å². The van der Waals surface area contributed by atoms with E-state index in [1.807, 2.05) is 59.1 Å². The number of dihydropyridines is 1. The van der Waals surface area contributed by atoms with E-state index in [2.05, 4.69) is 52.9 Å². The highest BCUT2D eigenvalue weighted by molar-refractivity contribution is 6.10. The number of methoxy groups -OCH3 is 1. The third kappa shape index (κ3) is 9.01. The van der Waals surface area contributed by atoms with Crippen molar-refractivity contribution in [1.82, 2.24) is 19.8 Å². The van der Waals surface area contributed by atoms with Gasteiger partial charge in [-0.05, 0) is 83.6 Å². The number of fused-ring (bicyclic) bond motifs is 1. The minimum absolute atomic E-state index is 0.0421. The molecule has 0 radical (unpaired) electrons. The number of hydrogen-bond donors (Lipinski definition) is 1. The lowest BCUT2D eigenvalue weighted by Crippen LogP contribution is -2.27. The second kappa shape index (κ2) is 16.8. The number of aliphatic imine (C=N–C) groups is 1. The number of allylic oxidation sites excluding steroid dienone is 4. The van der Waals surface area contributed by atoms with Gasteiger partial charge in [0, 0.05) is 25.3 Å². The van der Waals surface area contributed by atoms with E-state index < -0.39 is 0 Å². The molecule has 1 N–H and O–H groups in total. The molecule has 0 saturated carbocycles. The van der Waals surface area contributed by atoms with Crippen molar-refractivity contribution in [3.8, 4) is 0 Å². The van der Waals surface area contributed by atoms with E-state index in [1.54, 1.807) is 7.11 Å². The monoisotopic (exact) mass is 535 g/mol. The zero-order chi connectivity index (χ0) is 28.8. The predicted molar refractivity (Wildman–Crippen MR) is 165 cm³/mol. The van der Waals surface area contributed by atoms with Crippen molar-refractivity contribution in [2.24, 2.45) is 4.99 Å². The van der Waals surface area contributed by atoms with Gasteiger partial charge in [-0.3, -0.25) is 9.79 Å². The summed E-state index contributed by atoms with van der Waals surface area (Å²) in [4.78, 5) is 25.2. The molecule has 7 nitrogen and oxygen atoms in total. The van der Waals surface area contributed by atoms with E-state index in [0.717, 1.165) is 60.4 Å². The molecule has 1 aromatic heterocycles. The Morgan fingerprint density at radius 1 is 1.31 bits per heavy atom. The molecule has 7 heteroatoms. The van der Waals surface area contributed by atoms with Crippen LogP contribution in [0.15, 0.2) is 59.1 Å². The second-order valence-corrected chi connectivity index (χ2v) is 9.86. The van der Waals surface area contributed by atoms with Gasteiger partial charge in [-0.2, -0.15) is 0 Å². The van der Waals surface area contributed by atoms with Gasteiger partial charge in [0.25, 0.3) is 5.91 Å². The lowest BCUT2D eigenvalue weighted by atomic mass is 10.0. The van der Waals surface area contributed by atoms with Crippen molar-refractivity contribution in [1.29, 1.82) is 0 Å². The number of benzene rings is 1. The van der Waals surface area contributed by atoms with Crippen LogP contribution in [0.1, 0.15) is 88.6 Å². The zero-order valence-corrected chi connectivity index (χ0v) is 25.3. The third-order valence-electron chi connectivity index (χ3n) is 6.59. The first-order valence-corrected chi connectivity index (χ1v) is 14.4. The van der Waals surface area contributed by atoms with E-state index in [4.69, 9.17) is 14.7 Å². The summed E-state index contributed by atoms with van der Waals surface area (Å²) in [6.07, 6.45) is 14.2. The number of hydrogen-bond acceptors (Lipinski definition) is 5. The van der Waals surface area contributed by atoms with Crippen LogP contribution >= 0.6 is 0 Å². The Morgan fingerprint density at radius 2 is 2.08 bits per heavy atom. The average molecular weight is 536 g/mol. The maximum atomic E-state index is 12.9. The largest absolute Gasteiger partial charge is 0.381 e. The van der Waals surface area contributed by atoms with E-state index in [-0.39, 0.29) is 18.0 Å². The molecule has 1 aliphatic rings. The van der Waals surface area contributed by atoms with Crippen molar-refractivity contribution in [2.75, 3.05) is 40.9 Å². The fourth-order valence-corrected chi connectivity index (χ4v) is 4.70. The number of rotatable bonds is 13. The van der Waals surface area contributed by atoms with Crippen molar-refractivity contribution < 1.29 is 9.53 Å². The Hall–Kier alpha value is -3.03. The molecule has 0 fully saturated rings. The molecule has 0 spiro atoms. The number of amides is 1. The number of carbonyl (C=O) groups excluding carboxylic acids is 1. The van der Waals surface area contributed by atoms with Crippen LogP contribution in [0.4, 0.5) is 0 Å². The first-order valence-electron chi connectivity index (χ1n) is 14.4. The van der Waals surface area contributed by atoms with Gasteiger partial charge in [-0.25, -0.2) is 4.98 Å². The number of nitrogens with zero attached hydrogens (tertiary/aromatic N) is 4. The molecule has 1 aromatic carbocycles. The molecule has 1 aliphatic heterocycles. The molecule has 2 unspecified atom stereocenters. The highest BCUT2D eigenvalue weighted by Crippen LogP contribution is 2.33. The molecular weight excluding hydrogens is 486 g/mol. The fourth-order valence-electron chi connectivity index (χ4n) is 4.70. The van der Waals surface area contributed by atoms with Gasteiger partial charge in [0.05, 0.1) is 23.4 Å².